The highest BCUT2D eigenvalue weighted by Gasteiger charge is 2.27. The molecule has 3 heterocycles. The minimum atomic E-state index is -0.177. The third kappa shape index (κ3) is 4.48. The first-order valence-corrected chi connectivity index (χ1v) is 12.0. The van der Waals surface area contributed by atoms with E-state index in [1.165, 1.54) is 0 Å². The fourth-order valence-corrected chi connectivity index (χ4v) is 4.82. The summed E-state index contributed by atoms with van der Waals surface area (Å²) in [4.78, 5) is 19.9. The van der Waals surface area contributed by atoms with Gasteiger partial charge >= 0.3 is 0 Å². The van der Waals surface area contributed by atoms with Gasteiger partial charge in [-0.2, -0.15) is 5.10 Å². The topological polar surface area (TPSA) is 84.9 Å². The maximum atomic E-state index is 13.3. The van der Waals surface area contributed by atoms with Crippen molar-refractivity contribution < 1.29 is 14.6 Å². The van der Waals surface area contributed by atoms with Crippen LogP contribution in [0.5, 0.6) is 11.5 Å². The van der Waals surface area contributed by atoms with E-state index in [1.807, 2.05) is 18.2 Å². The van der Waals surface area contributed by atoms with Crippen LogP contribution in [0.25, 0.3) is 10.9 Å². The molecule has 2 aromatic carbocycles. The van der Waals surface area contributed by atoms with E-state index >= 15 is 0 Å². The zero-order chi connectivity index (χ0) is 23.8. The minimum absolute atomic E-state index is 0.0275. The van der Waals surface area contributed by atoms with Crippen molar-refractivity contribution in [2.45, 2.75) is 32.9 Å². The van der Waals surface area contributed by atoms with Crippen LogP contribution in [0.2, 0.25) is 0 Å². The fraction of sp³-hybridized carbons (Fsp3) is 0.462. The molecule has 1 fully saturated rings. The first kappa shape index (κ1) is 22.7. The molecule has 0 atom stereocenters. The number of amides is 1. The Balaban J connectivity index is 1.24. The minimum Gasteiger partial charge on any atom is -0.507 e. The highest BCUT2D eigenvalue weighted by molar-refractivity contribution is 6.01. The molecular formula is C26H33N5O3. The molecule has 0 unspecified atom stereocenters. The van der Waals surface area contributed by atoms with E-state index < -0.39 is 0 Å². The lowest BCUT2D eigenvalue weighted by Crippen LogP contribution is -2.45. The van der Waals surface area contributed by atoms with Crippen molar-refractivity contribution in [3.63, 3.8) is 0 Å². The van der Waals surface area contributed by atoms with Gasteiger partial charge in [-0.25, -0.2) is 0 Å². The summed E-state index contributed by atoms with van der Waals surface area (Å²) in [5, 5.41) is 18.7. The zero-order valence-electron chi connectivity index (χ0n) is 20.2. The summed E-state index contributed by atoms with van der Waals surface area (Å²) in [5.41, 5.74) is 4.16. The van der Waals surface area contributed by atoms with Crippen LogP contribution in [0, 0.1) is 0 Å². The number of H-pyrrole nitrogens is 1. The number of nitrogens with one attached hydrogen (secondary N) is 1. The highest BCUT2D eigenvalue weighted by Crippen LogP contribution is 2.33. The molecule has 34 heavy (non-hydrogen) atoms. The van der Waals surface area contributed by atoms with Crippen LogP contribution in [0.4, 0.5) is 0 Å². The van der Waals surface area contributed by atoms with Crippen molar-refractivity contribution in [2.75, 3.05) is 46.4 Å². The van der Waals surface area contributed by atoms with Gasteiger partial charge in [-0.1, -0.05) is 19.9 Å². The van der Waals surface area contributed by atoms with Crippen LogP contribution in [0.15, 0.2) is 30.3 Å². The third-order valence-electron chi connectivity index (χ3n) is 6.95. The lowest BCUT2D eigenvalue weighted by Gasteiger charge is -2.32. The number of phenolic OH excluding ortho intramolecular Hbond substituents is 1. The van der Waals surface area contributed by atoms with Gasteiger partial charge in [-0.3, -0.25) is 14.8 Å². The number of carbonyl (C=O) groups is 1. The van der Waals surface area contributed by atoms with Crippen molar-refractivity contribution in [1.29, 1.82) is 0 Å². The molecular weight excluding hydrogens is 430 g/mol. The van der Waals surface area contributed by atoms with Crippen LogP contribution in [-0.2, 0) is 13.1 Å². The maximum absolute atomic E-state index is 13.3. The molecule has 0 aliphatic carbocycles. The Hall–Kier alpha value is -3.10. The standard InChI is InChI=1S/C26H33N5O3/c1-17(2)25-21-13-22(24(32)14-23(21)27-28-25)26(33)31-15-18-4-5-20(12-19(18)16-31)34-11-10-30-8-6-29(3)7-9-30/h4-5,12-14,17,32H,6-11,15-16H2,1-3H3,(H,27,28). The number of aromatic amines is 1. The molecule has 0 radical (unpaired) electrons. The van der Waals surface area contributed by atoms with Crippen LogP contribution in [0.1, 0.15) is 46.9 Å². The largest absolute Gasteiger partial charge is 0.507 e. The zero-order valence-corrected chi connectivity index (χ0v) is 20.2. The Morgan fingerprint density at radius 3 is 2.65 bits per heavy atom. The van der Waals surface area contributed by atoms with E-state index in [0.717, 1.165) is 66.2 Å². The molecule has 180 valence electrons. The van der Waals surface area contributed by atoms with Gasteiger partial charge in [0.2, 0.25) is 0 Å². The van der Waals surface area contributed by atoms with E-state index in [9.17, 15) is 9.90 Å². The summed E-state index contributed by atoms with van der Waals surface area (Å²) in [6.45, 7) is 11.1. The number of likely N-dealkylation sites (N-methyl/N-ethyl adjacent to an activating group) is 1. The molecule has 3 aromatic rings. The number of aromatic hydroxyl groups is 1. The Bertz CT molecular complexity index is 1200. The number of rotatable bonds is 6. The van der Waals surface area contributed by atoms with Gasteiger partial charge in [0.1, 0.15) is 18.1 Å². The van der Waals surface area contributed by atoms with Crippen LogP contribution in [-0.4, -0.2) is 82.3 Å². The van der Waals surface area contributed by atoms with E-state index in [-0.39, 0.29) is 17.6 Å². The van der Waals surface area contributed by atoms with Gasteiger partial charge in [0.15, 0.2) is 0 Å². The Kier molecular flexibility index (Phi) is 6.18. The summed E-state index contributed by atoms with van der Waals surface area (Å²) in [6.07, 6.45) is 0. The summed E-state index contributed by atoms with van der Waals surface area (Å²) in [6, 6.07) is 9.44. The Morgan fingerprint density at radius 2 is 1.88 bits per heavy atom. The second kappa shape index (κ2) is 9.27. The SMILES string of the molecule is CC(C)c1n[nH]c2cc(O)c(C(=O)N3Cc4ccc(OCCN5CCN(C)CC5)cc4C3)cc12. The number of ether oxygens (including phenoxy) is 1. The number of hydrogen-bond acceptors (Lipinski definition) is 6. The second-order valence-electron chi connectivity index (χ2n) is 9.76. The monoisotopic (exact) mass is 463 g/mol. The summed E-state index contributed by atoms with van der Waals surface area (Å²) < 4.78 is 6.03. The number of hydrogen-bond donors (Lipinski definition) is 2. The van der Waals surface area contributed by atoms with Crippen LogP contribution >= 0.6 is 0 Å². The average molecular weight is 464 g/mol. The van der Waals surface area contributed by atoms with Crippen molar-refractivity contribution in [3.05, 3.63) is 52.7 Å². The van der Waals surface area contributed by atoms with Crippen LogP contribution in [0.3, 0.4) is 0 Å². The molecule has 8 heteroatoms. The number of piperazine rings is 1. The van der Waals surface area contributed by atoms with Gasteiger partial charge in [-0.05, 0) is 42.3 Å². The molecule has 8 nitrogen and oxygen atoms in total. The quantitative estimate of drug-likeness (QED) is 0.584. The van der Waals surface area contributed by atoms with E-state index in [2.05, 4.69) is 40.9 Å². The van der Waals surface area contributed by atoms with E-state index in [0.29, 0.717) is 25.3 Å². The predicted molar refractivity (Wildman–Crippen MR) is 131 cm³/mol. The lowest BCUT2D eigenvalue weighted by molar-refractivity contribution is 0.0748. The summed E-state index contributed by atoms with van der Waals surface area (Å²) in [7, 11) is 2.16. The van der Waals surface area contributed by atoms with Crippen molar-refractivity contribution in [2.24, 2.45) is 0 Å². The summed E-state index contributed by atoms with van der Waals surface area (Å²) in [5.74, 6) is 0.850. The van der Waals surface area contributed by atoms with E-state index in [1.54, 1.807) is 17.0 Å². The van der Waals surface area contributed by atoms with Gasteiger partial charge in [0.05, 0.1) is 16.8 Å². The Morgan fingerprint density at radius 1 is 1.12 bits per heavy atom. The molecule has 1 amide bonds. The molecule has 1 aromatic heterocycles. The number of nitrogens with zero attached hydrogens (tertiary/aromatic N) is 4. The van der Waals surface area contributed by atoms with Gasteiger partial charge < -0.3 is 19.6 Å². The van der Waals surface area contributed by atoms with Crippen molar-refractivity contribution in [3.8, 4) is 11.5 Å². The molecule has 0 bridgehead atoms. The molecule has 2 N–H and O–H groups in total. The first-order valence-electron chi connectivity index (χ1n) is 12.0. The summed E-state index contributed by atoms with van der Waals surface area (Å²) >= 11 is 0. The molecule has 2 aliphatic rings. The van der Waals surface area contributed by atoms with E-state index in [4.69, 9.17) is 4.74 Å². The lowest BCUT2D eigenvalue weighted by atomic mass is 10.0. The second-order valence-corrected chi connectivity index (χ2v) is 9.76. The average Bonchev–Trinajstić information content (AvgIpc) is 3.43. The maximum Gasteiger partial charge on any atom is 0.258 e. The fourth-order valence-electron chi connectivity index (χ4n) is 4.82. The molecule has 1 saturated heterocycles. The van der Waals surface area contributed by atoms with Crippen LogP contribution < -0.4 is 4.74 Å². The highest BCUT2D eigenvalue weighted by atomic mass is 16.5. The number of aromatic nitrogens is 2. The number of carbonyl (C=O) groups excluding carboxylic acids is 1. The predicted octanol–water partition coefficient (Wildman–Crippen LogP) is 3.17. The number of phenols is 1. The normalized spacial score (nSPS) is 17.0. The van der Waals surface area contributed by atoms with Gasteiger partial charge in [0.25, 0.3) is 5.91 Å². The molecule has 0 spiro atoms. The first-order chi connectivity index (χ1) is 16.4. The molecule has 5 rings (SSSR count). The van der Waals surface area contributed by atoms with Crippen molar-refractivity contribution in [1.82, 2.24) is 24.9 Å². The Labute approximate surface area is 200 Å². The third-order valence-corrected chi connectivity index (χ3v) is 6.95. The van der Waals surface area contributed by atoms with Crippen molar-refractivity contribution >= 4 is 16.8 Å². The molecule has 0 saturated carbocycles. The smallest absolute Gasteiger partial charge is 0.258 e. The van der Waals surface area contributed by atoms with Gasteiger partial charge in [-0.15, -0.1) is 0 Å². The number of benzene rings is 2. The number of fused-ring (bicyclic) bond motifs is 2. The van der Waals surface area contributed by atoms with Gasteiger partial charge in [0, 0.05) is 57.3 Å². The molecule has 2 aliphatic heterocycles.